The fourth-order valence-corrected chi connectivity index (χ4v) is 2.61. The Balaban J connectivity index is 2.54. The lowest BCUT2D eigenvalue weighted by Gasteiger charge is -2.07. The second-order valence-electron chi connectivity index (χ2n) is 4.10. The molecule has 0 saturated carbocycles. The lowest BCUT2D eigenvalue weighted by molar-refractivity contribution is 0.0693. The van der Waals surface area contributed by atoms with E-state index in [1.54, 1.807) is 6.07 Å². The number of thioether (sulfide) groups is 1. The minimum atomic E-state index is -0.950. The number of unbranched alkanes of at least 4 members (excludes halogenated alkanes) is 2. The molecule has 0 aromatic heterocycles. The summed E-state index contributed by atoms with van der Waals surface area (Å²) in [6, 6.07) is 5.29. The largest absolute Gasteiger partial charge is 0.496 e. The third-order valence-electron chi connectivity index (χ3n) is 2.66. The fraction of sp³-hybridized carbons (Fsp3) is 0.500. The van der Waals surface area contributed by atoms with Crippen molar-refractivity contribution in [2.45, 2.75) is 31.9 Å². The molecule has 1 rings (SSSR count). The van der Waals surface area contributed by atoms with E-state index in [1.807, 2.05) is 23.9 Å². The number of benzene rings is 1. The molecule has 18 heavy (non-hydrogen) atoms. The molecule has 0 radical (unpaired) electrons. The zero-order valence-corrected chi connectivity index (χ0v) is 11.8. The van der Waals surface area contributed by atoms with Crippen LogP contribution in [0.3, 0.4) is 0 Å². The van der Waals surface area contributed by atoms with Crippen LogP contribution in [0.4, 0.5) is 0 Å². The molecule has 1 aromatic rings. The topological polar surface area (TPSA) is 46.5 Å². The Morgan fingerprint density at radius 3 is 2.78 bits per heavy atom. The average molecular weight is 268 g/mol. The van der Waals surface area contributed by atoms with Crippen LogP contribution >= 0.6 is 11.8 Å². The highest BCUT2D eigenvalue weighted by Crippen LogP contribution is 2.23. The SMILES string of the molecule is CCCCCSCc1ccc(C(=O)O)c(OC)c1. The summed E-state index contributed by atoms with van der Waals surface area (Å²) < 4.78 is 5.10. The van der Waals surface area contributed by atoms with Crippen molar-refractivity contribution in [3.8, 4) is 5.75 Å². The van der Waals surface area contributed by atoms with Crippen LogP contribution in [0.1, 0.15) is 42.1 Å². The molecule has 0 amide bonds. The molecule has 0 bridgehead atoms. The van der Waals surface area contributed by atoms with E-state index >= 15 is 0 Å². The summed E-state index contributed by atoms with van der Waals surface area (Å²) in [6.07, 6.45) is 3.75. The first-order chi connectivity index (χ1) is 8.69. The third kappa shape index (κ3) is 4.61. The first-order valence-electron chi connectivity index (χ1n) is 6.17. The van der Waals surface area contributed by atoms with Gasteiger partial charge >= 0.3 is 5.97 Å². The van der Waals surface area contributed by atoms with E-state index in [4.69, 9.17) is 9.84 Å². The Morgan fingerprint density at radius 1 is 1.39 bits per heavy atom. The average Bonchev–Trinajstić information content (AvgIpc) is 2.38. The predicted molar refractivity (Wildman–Crippen MR) is 75.6 cm³/mol. The molecule has 0 unspecified atom stereocenters. The molecule has 3 nitrogen and oxygen atoms in total. The number of methoxy groups -OCH3 is 1. The Labute approximate surface area is 113 Å². The molecule has 0 aliphatic carbocycles. The molecule has 1 N–H and O–H groups in total. The molecular formula is C14H20O3S. The number of carboxylic acids is 1. The number of hydrogen-bond donors (Lipinski definition) is 1. The summed E-state index contributed by atoms with van der Waals surface area (Å²) in [5, 5.41) is 8.98. The van der Waals surface area contributed by atoms with E-state index in [1.165, 1.54) is 26.4 Å². The quantitative estimate of drug-likeness (QED) is 0.728. The van der Waals surface area contributed by atoms with E-state index in [-0.39, 0.29) is 5.56 Å². The van der Waals surface area contributed by atoms with Crippen LogP contribution in [0.15, 0.2) is 18.2 Å². The van der Waals surface area contributed by atoms with Crippen LogP contribution in [0.2, 0.25) is 0 Å². The van der Waals surface area contributed by atoms with Crippen LogP contribution in [0.5, 0.6) is 5.75 Å². The summed E-state index contributed by atoms with van der Waals surface area (Å²) in [5.41, 5.74) is 1.33. The molecule has 0 heterocycles. The van der Waals surface area contributed by atoms with Crippen LogP contribution in [-0.4, -0.2) is 23.9 Å². The highest BCUT2D eigenvalue weighted by Gasteiger charge is 2.10. The molecule has 0 saturated heterocycles. The highest BCUT2D eigenvalue weighted by atomic mass is 32.2. The van der Waals surface area contributed by atoms with E-state index in [9.17, 15) is 4.79 Å². The molecule has 4 heteroatoms. The molecule has 0 aliphatic heterocycles. The molecule has 0 spiro atoms. The highest BCUT2D eigenvalue weighted by molar-refractivity contribution is 7.98. The van der Waals surface area contributed by atoms with Crippen molar-refractivity contribution >= 4 is 17.7 Å². The molecule has 0 atom stereocenters. The molecular weight excluding hydrogens is 248 g/mol. The van der Waals surface area contributed by atoms with E-state index in [2.05, 4.69) is 6.92 Å². The van der Waals surface area contributed by atoms with Crippen molar-refractivity contribution in [3.05, 3.63) is 29.3 Å². The molecule has 0 aliphatic rings. The monoisotopic (exact) mass is 268 g/mol. The van der Waals surface area contributed by atoms with Crippen molar-refractivity contribution in [3.63, 3.8) is 0 Å². The number of carboxylic acid groups (broad SMARTS) is 1. The Kier molecular flexibility index (Phi) is 6.65. The third-order valence-corrected chi connectivity index (χ3v) is 3.77. The van der Waals surface area contributed by atoms with Gasteiger partial charge < -0.3 is 9.84 Å². The van der Waals surface area contributed by atoms with Gasteiger partial charge in [0.05, 0.1) is 7.11 Å². The zero-order valence-electron chi connectivity index (χ0n) is 10.9. The van der Waals surface area contributed by atoms with Crippen LogP contribution < -0.4 is 4.74 Å². The van der Waals surface area contributed by atoms with Crippen LogP contribution in [0, 0.1) is 0 Å². The lowest BCUT2D eigenvalue weighted by atomic mass is 10.1. The van der Waals surface area contributed by atoms with Crippen molar-refractivity contribution in [1.82, 2.24) is 0 Å². The van der Waals surface area contributed by atoms with Gasteiger partial charge in [-0.05, 0) is 29.9 Å². The second-order valence-corrected chi connectivity index (χ2v) is 5.20. The first kappa shape index (κ1) is 14.9. The normalized spacial score (nSPS) is 10.3. The van der Waals surface area contributed by atoms with E-state index in [0.717, 1.165) is 17.1 Å². The number of ether oxygens (including phenoxy) is 1. The van der Waals surface area contributed by atoms with Gasteiger partial charge in [-0.25, -0.2) is 4.79 Å². The van der Waals surface area contributed by atoms with Crippen LogP contribution in [-0.2, 0) is 5.75 Å². The van der Waals surface area contributed by atoms with Gasteiger partial charge in [-0.1, -0.05) is 25.8 Å². The van der Waals surface area contributed by atoms with Crippen LogP contribution in [0.25, 0.3) is 0 Å². The summed E-state index contributed by atoms with van der Waals surface area (Å²) >= 11 is 1.88. The standard InChI is InChI=1S/C14H20O3S/c1-3-4-5-8-18-10-11-6-7-12(14(15)16)13(9-11)17-2/h6-7,9H,3-5,8,10H2,1-2H3,(H,15,16). The number of aromatic carboxylic acids is 1. The van der Waals surface area contributed by atoms with Crippen molar-refractivity contribution in [2.75, 3.05) is 12.9 Å². The van der Waals surface area contributed by atoms with Crippen molar-refractivity contribution in [1.29, 1.82) is 0 Å². The summed E-state index contributed by atoms with van der Waals surface area (Å²) in [6.45, 7) is 2.19. The Bertz CT molecular complexity index is 391. The van der Waals surface area contributed by atoms with Gasteiger partial charge in [0.1, 0.15) is 11.3 Å². The van der Waals surface area contributed by atoms with Gasteiger partial charge in [0.15, 0.2) is 0 Å². The van der Waals surface area contributed by atoms with E-state index < -0.39 is 5.97 Å². The molecule has 0 fully saturated rings. The van der Waals surface area contributed by atoms with Gasteiger partial charge in [0, 0.05) is 5.75 Å². The number of rotatable bonds is 8. The number of hydrogen-bond acceptors (Lipinski definition) is 3. The van der Waals surface area contributed by atoms with Gasteiger partial charge in [-0.2, -0.15) is 11.8 Å². The maximum Gasteiger partial charge on any atom is 0.339 e. The fourth-order valence-electron chi connectivity index (χ4n) is 1.65. The predicted octanol–water partition coefficient (Wildman–Crippen LogP) is 3.82. The maximum absolute atomic E-state index is 10.9. The van der Waals surface area contributed by atoms with Gasteiger partial charge in [-0.15, -0.1) is 0 Å². The minimum absolute atomic E-state index is 0.220. The maximum atomic E-state index is 10.9. The Hall–Kier alpha value is -1.16. The number of carbonyl (C=O) groups is 1. The molecule has 1 aromatic carbocycles. The van der Waals surface area contributed by atoms with Gasteiger partial charge in [0.25, 0.3) is 0 Å². The van der Waals surface area contributed by atoms with E-state index in [0.29, 0.717) is 5.75 Å². The summed E-state index contributed by atoms with van der Waals surface area (Å²) in [5.74, 6) is 1.54. The second kappa shape index (κ2) is 8.03. The molecule has 100 valence electrons. The summed E-state index contributed by atoms with van der Waals surface area (Å²) in [4.78, 5) is 10.9. The van der Waals surface area contributed by atoms with Gasteiger partial charge in [-0.3, -0.25) is 0 Å². The lowest BCUT2D eigenvalue weighted by Crippen LogP contribution is -2.01. The zero-order chi connectivity index (χ0) is 13.4. The Morgan fingerprint density at radius 2 is 2.17 bits per heavy atom. The summed E-state index contributed by atoms with van der Waals surface area (Å²) in [7, 11) is 1.50. The van der Waals surface area contributed by atoms with Crippen molar-refractivity contribution < 1.29 is 14.6 Å². The minimum Gasteiger partial charge on any atom is -0.496 e. The van der Waals surface area contributed by atoms with Crippen molar-refractivity contribution in [2.24, 2.45) is 0 Å². The first-order valence-corrected chi connectivity index (χ1v) is 7.32. The smallest absolute Gasteiger partial charge is 0.339 e. The van der Waals surface area contributed by atoms with Gasteiger partial charge in [0.2, 0.25) is 0 Å².